The van der Waals surface area contributed by atoms with Gasteiger partial charge in [-0.3, -0.25) is 0 Å². The van der Waals surface area contributed by atoms with E-state index >= 15 is 0 Å². The van der Waals surface area contributed by atoms with Crippen LogP contribution in [0.5, 0.6) is 5.88 Å². The second-order valence-electron chi connectivity index (χ2n) is 2.64. The molecule has 66 valence electrons. The fourth-order valence-corrected chi connectivity index (χ4v) is 1.24. The van der Waals surface area contributed by atoms with E-state index in [2.05, 4.69) is 9.97 Å². The van der Waals surface area contributed by atoms with Crippen molar-refractivity contribution < 1.29 is 14.2 Å². The molecule has 0 bridgehead atoms. The van der Waals surface area contributed by atoms with E-state index in [1.807, 2.05) is 6.08 Å². The second-order valence-corrected chi connectivity index (χ2v) is 2.64. The summed E-state index contributed by atoms with van der Waals surface area (Å²) in [7, 11) is 0. The first kappa shape index (κ1) is 6.59. The van der Waals surface area contributed by atoms with Gasteiger partial charge in [-0.1, -0.05) is 0 Å². The number of nitrogens with zero attached hydrogens (tertiary/aromatic N) is 1. The summed E-state index contributed by atoms with van der Waals surface area (Å²) in [6.45, 7) is 0.224. The van der Waals surface area contributed by atoms with E-state index in [0.29, 0.717) is 17.4 Å². The number of H-pyrrole nitrogens is 1. The molecule has 5 nitrogen and oxygen atoms in total. The Morgan fingerprint density at radius 3 is 3.38 bits per heavy atom. The molecule has 0 saturated carbocycles. The minimum atomic E-state index is 0.224. The maximum Gasteiger partial charge on any atom is 0.245 e. The van der Waals surface area contributed by atoms with Gasteiger partial charge < -0.3 is 19.2 Å². The van der Waals surface area contributed by atoms with Gasteiger partial charge in [-0.15, -0.1) is 0 Å². The van der Waals surface area contributed by atoms with Crippen LogP contribution in [0.4, 0.5) is 0 Å². The molecule has 2 aliphatic heterocycles. The molecule has 13 heavy (non-hydrogen) atoms. The molecule has 0 fully saturated rings. The number of hydrogen-bond acceptors (Lipinski definition) is 4. The van der Waals surface area contributed by atoms with E-state index in [9.17, 15) is 0 Å². The first-order valence-corrected chi connectivity index (χ1v) is 3.81. The first-order chi connectivity index (χ1) is 6.43. The summed E-state index contributed by atoms with van der Waals surface area (Å²) < 4.78 is 15.5. The minimum Gasteiger partial charge on any atom is -0.461 e. The molecule has 0 amide bonds. The molecular weight excluding hydrogens is 172 g/mol. The standard InChI is InChI=1S/C8H6N2O3/c1-5-8(10-3-9-5)13-7-2-11-4-12-6(1)7/h1-3H,4H2,(H,9,10). The van der Waals surface area contributed by atoms with Crippen LogP contribution in [0, 0.1) is 0 Å². The molecule has 1 N–H and O–H groups in total. The maximum absolute atomic E-state index is 5.38. The Kier molecular flexibility index (Phi) is 1.16. The number of fused-ring (bicyclic) bond motifs is 2. The fraction of sp³-hybridized carbons (Fsp3) is 0.125. The lowest BCUT2D eigenvalue weighted by Gasteiger charge is -2.20. The summed E-state index contributed by atoms with van der Waals surface area (Å²) in [4.78, 5) is 6.90. The van der Waals surface area contributed by atoms with Gasteiger partial charge in [-0.25, -0.2) is 4.98 Å². The van der Waals surface area contributed by atoms with E-state index in [1.54, 1.807) is 6.33 Å². The Morgan fingerprint density at radius 1 is 1.38 bits per heavy atom. The van der Waals surface area contributed by atoms with Crippen LogP contribution >= 0.6 is 0 Å². The molecule has 0 radical (unpaired) electrons. The SMILES string of the molecule is C1=C2OCOC=C2Oc2nc[nH]c21. The fourth-order valence-electron chi connectivity index (χ4n) is 1.24. The summed E-state index contributed by atoms with van der Waals surface area (Å²) in [5, 5.41) is 0. The van der Waals surface area contributed by atoms with Gasteiger partial charge >= 0.3 is 0 Å². The molecule has 0 saturated heterocycles. The quantitative estimate of drug-likeness (QED) is 0.643. The van der Waals surface area contributed by atoms with E-state index < -0.39 is 0 Å². The summed E-state index contributed by atoms with van der Waals surface area (Å²) >= 11 is 0. The highest BCUT2D eigenvalue weighted by atomic mass is 16.7. The Balaban J connectivity index is 2.13. The molecule has 0 aliphatic carbocycles. The molecule has 0 spiro atoms. The van der Waals surface area contributed by atoms with Crippen LogP contribution in [-0.2, 0) is 9.47 Å². The van der Waals surface area contributed by atoms with Crippen molar-refractivity contribution in [2.24, 2.45) is 0 Å². The van der Waals surface area contributed by atoms with Gasteiger partial charge in [0.15, 0.2) is 5.76 Å². The zero-order valence-corrected chi connectivity index (χ0v) is 6.61. The summed E-state index contributed by atoms with van der Waals surface area (Å²) in [5.41, 5.74) is 0.814. The molecule has 1 aromatic heterocycles. The highest BCUT2D eigenvalue weighted by molar-refractivity contribution is 5.60. The molecule has 0 atom stereocenters. The van der Waals surface area contributed by atoms with Crippen LogP contribution in [-0.4, -0.2) is 16.8 Å². The number of imidazole rings is 1. The minimum absolute atomic E-state index is 0.224. The van der Waals surface area contributed by atoms with Crippen LogP contribution in [0.15, 0.2) is 24.1 Å². The molecule has 5 heteroatoms. The van der Waals surface area contributed by atoms with Crippen LogP contribution in [0.1, 0.15) is 5.69 Å². The van der Waals surface area contributed by atoms with Crippen LogP contribution in [0.3, 0.4) is 0 Å². The van der Waals surface area contributed by atoms with Crippen LogP contribution < -0.4 is 4.74 Å². The number of hydrogen-bond donors (Lipinski definition) is 1. The summed E-state index contributed by atoms with van der Waals surface area (Å²) in [6, 6.07) is 0. The summed E-state index contributed by atoms with van der Waals surface area (Å²) in [5.74, 6) is 1.78. The Labute approximate surface area is 73.6 Å². The van der Waals surface area contributed by atoms with Gasteiger partial charge in [-0.2, -0.15) is 0 Å². The molecule has 0 unspecified atom stereocenters. The average Bonchev–Trinajstić information content (AvgIpc) is 2.61. The lowest BCUT2D eigenvalue weighted by Crippen LogP contribution is -2.14. The maximum atomic E-state index is 5.38. The number of rotatable bonds is 0. The van der Waals surface area contributed by atoms with Crippen molar-refractivity contribution in [3.8, 4) is 5.88 Å². The van der Waals surface area contributed by atoms with E-state index in [0.717, 1.165) is 5.69 Å². The average molecular weight is 178 g/mol. The Morgan fingerprint density at radius 2 is 2.38 bits per heavy atom. The molecule has 2 aliphatic rings. The highest BCUT2D eigenvalue weighted by Crippen LogP contribution is 2.30. The third-order valence-electron chi connectivity index (χ3n) is 1.83. The topological polar surface area (TPSA) is 56.4 Å². The third-order valence-corrected chi connectivity index (χ3v) is 1.83. The zero-order chi connectivity index (χ0) is 8.67. The molecule has 1 aromatic rings. The lowest BCUT2D eigenvalue weighted by molar-refractivity contribution is 0.00293. The highest BCUT2D eigenvalue weighted by Gasteiger charge is 2.23. The van der Waals surface area contributed by atoms with E-state index in [4.69, 9.17) is 14.2 Å². The molecule has 3 rings (SSSR count). The number of aromatic amines is 1. The van der Waals surface area contributed by atoms with Gasteiger partial charge in [0.25, 0.3) is 0 Å². The van der Waals surface area contributed by atoms with Crippen molar-refractivity contribution >= 4 is 6.08 Å². The normalized spacial score (nSPS) is 18.2. The Hall–Kier alpha value is -1.91. The van der Waals surface area contributed by atoms with E-state index in [1.165, 1.54) is 6.26 Å². The summed E-state index contributed by atoms with van der Waals surface area (Å²) in [6.07, 6.45) is 4.92. The van der Waals surface area contributed by atoms with Crippen molar-refractivity contribution in [1.29, 1.82) is 0 Å². The van der Waals surface area contributed by atoms with Crippen molar-refractivity contribution in [2.75, 3.05) is 6.79 Å². The second kappa shape index (κ2) is 2.29. The third kappa shape index (κ3) is 0.900. The smallest absolute Gasteiger partial charge is 0.245 e. The molecule has 0 aromatic carbocycles. The monoisotopic (exact) mass is 178 g/mol. The van der Waals surface area contributed by atoms with Crippen molar-refractivity contribution in [3.05, 3.63) is 29.8 Å². The van der Waals surface area contributed by atoms with Gasteiger partial charge in [-0.05, 0) is 0 Å². The predicted octanol–water partition coefficient (Wildman–Crippen LogP) is 0.989. The Bertz CT molecular complexity index is 405. The van der Waals surface area contributed by atoms with Gasteiger partial charge in [0.1, 0.15) is 12.0 Å². The van der Waals surface area contributed by atoms with Gasteiger partial charge in [0.2, 0.25) is 18.4 Å². The first-order valence-electron chi connectivity index (χ1n) is 3.81. The number of nitrogens with one attached hydrogen (secondary N) is 1. The largest absolute Gasteiger partial charge is 0.461 e. The lowest BCUT2D eigenvalue weighted by atomic mass is 10.3. The van der Waals surface area contributed by atoms with Crippen molar-refractivity contribution in [2.45, 2.75) is 0 Å². The number of ether oxygens (including phenoxy) is 3. The van der Waals surface area contributed by atoms with Crippen molar-refractivity contribution in [1.82, 2.24) is 9.97 Å². The molecule has 3 heterocycles. The zero-order valence-electron chi connectivity index (χ0n) is 6.61. The molecular formula is C8H6N2O3. The van der Waals surface area contributed by atoms with Gasteiger partial charge in [0, 0.05) is 6.08 Å². The van der Waals surface area contributed by atoms with E-state index in [-0.39, 0.29) is 6.79 Å². The van der Waals surface area contributed by atoms with Crippen molar-refractivity contribution in [3.63, 3.8) is 0 Å². The predicted molar refractivity (Wildman–Crippen MR) is 42.3 cm³/mol. The van der Waals surface area contributed by atoms with Crippen LogP contribution in [0.25, 0.3) is 6.08 Å². The van der Waals surface area contributed by atoms with Gasteiger partial charge in [0.05, 0.1) is 6.33 Å². The number of aromatic nitrogens is 2. The van der Waals surface area contributed by atoms with Crippen LogP contribution in [0.2, 0.25) is 0 Å².